The average molecular weight is 508 g/mol. The summed E-state index contributed by atoms with van der Waals surface area (Å²) >= 11 is 0. The Morgan fingerprint density at radius 3 is 2.89 bits per heavy atom. The zero-order valence-electron chi connectivity index (χ0n) is 20.8. The number of anilines is 2. The van der Waals surface area contributed by atoms with Gasteiger partial charge in [-0.05, 0) is 48.9 Å². The molecule has 3 aliphatic heterocycles. The lowest BCUT2D eigenvalue weighted by atomic mass is 9.99. The first-order chi connectivity index (χ1) is 18.0. The van der Waals surface area contributed by atoms with Crippen LogP contribution in [0.25, 0.3) is 10.8 Å². The van der Waals surface area contributed by atoms with E-state index in [2.05, 4.69) is 15.2 Å². The number of phenolic OH excluding ortho intramolecular Hbond substituents is 1. The third-order valence-electron chi connectivity index (χ3n) is 7.35. The third-order valence-corrected chi connectivity index (χ3v) is 7.35. The fraction of sp³-hybridized carbons (Fsp3) is 0.444. The molecule has 0 aliphatic carbocycles. The van der Waals surface area contributed by atoms with E-state index in [0.717, 1.165) is 19.4 Å². The Labute approximate surface area is 214 Å². The molecule has 1 aromatic heterocycles. The van der Waals surface area contributed by atoms with Crippen molar-refractivity contribution in [2.45, 2.75) is 38.8 Å². The molecule has 2 saturated heterocycles. The average Bonchev–Trinajstić information content (AvgIpc) is 3.02. The molecule has 37 heavy (non-hydrogen) atoms. The van der Waals surface area contributed by atoms with Gasteiger partial charge in [0.2, 0.25) is 0 Å². The van der Waals surface area contributed by atoms with E-state index < -0.39 is 0 Å². The Balaban J connectivity index is 1.44. The van der Waals surface area contributed by atoms with Crippen LogP contribution >= 0.6 is 0 Å². The first kappa shape index (κ1) is 23.9. The monoisotopic (exact) mass is 507 g/mol. The summed E-state index contributed by atoms with van der Waals surface area (Å²) in [7, 11) is 0. The van der Waals surface area contributed by atoms with Gasteiger partial charge in [0.1, 0.15) is 29.6 Å². The van der Waals surface area contributed by atoms with Gasteiger partial charge in [0.25, 0.3) is 5.91 Å². The van der Waals surface area contributed by atoms with E-state index >= 15 is 0 Å². The lowest BCUT2D eigenvalue weighted by Gasteiger charge is -2.27. The third kappa shape index (κ3) is 4.34. The van der Waals surface area contributed by atoms with E-state index in [-0.39, 0.29) is 36.1 Å². The molecule has 3 aromatic rings. The van der Waals surface area contributed by atoms with Crippen molar-refractivity contribution >= 4 is 28.2 Å². The first-order valence-corrected chi connectivity index (χ1v) is 12.9. The van der Waals surface area contributed by atoms with Crippen LogP contribution in [0.5, 0.6) is 11.8 Å². The summed E-state index contributed by atoms with van der Waals surface area (Å²) in [5.41, 5.74) is 1.94. The lowest BCUT2D eigenvalue weighted by molar-refractivity contribution is 0.0997. The molecular weight excluding hydrogens is 477 g/mol. The van der Waals surface area contributed by atoms with Crippen molar-refractivity contribution in [3.8, 4) is 11.8 Å². The summed E-state index contributed by atoms with van der Waals surface area (Å²) in [6.45, 7) is 5.96. The quantitative estimate of drug-likeness (QED) is 0.525. The van der Waals surface area contributed by atoms with Crippen LogP contribution in [0, 0.1) is 5.82 Å². The van der Waals surface area contributed by atoms with Gasteiger partial charge in [0.05, 0.1) is 24.5 Å². The minimum absolute atomic E-state index is 0.00733. The molecule has 0 saturated carbocycles. The molecule has 10 heteroatoms. The number of halogens is 1. The molecule has 4 heterocycles. The normalized spacial score (nSPS) is 19.6. The van der Waals surface area contributed by atoms with Crippen LogP contribution in [0.3, 0.4) is 0 Å². The smallest absolute Gasteiger partial charge is 0.318 e. The Kier molecular flexibility index (Phi) is 6.29. The Bertz CT molecular complexity index is 1350. The minimum atomic E-state index is -0.337. The molecule has 3 aliphatic rings. The predicted molar refractivity (Wildman–Crippen MR) is 137 cm³/mol. The van der Waals surface area contributed by atoms with E-state index in [0.29, 0.717) is 78.4 Å². The number of nitrogens with zero attached hydrogens (tertiary/aromatic N) is 4. The zero-order chi connectivity index (χ0) is 25.5. The zero-order valence-corrected chi connectivity index (χ0v) is 20.8. The second-order valence-electron chi connectivity index (χ2n) is 9.69. The first-order valence-electron chi connectivity index (χ1n) is 12.9. The van der Waals surface area contributed by atoms with Gasteiger partial charge < -0.3 is 29.7 Å². The maximum Gasteiger partial charge on any atom is 0.318 e. The van der Waals surface area contributed by atoms with Crippen LogP contribution in [0.1, 0.15) is 41.4 Å². The number of aromatic nitrogens is 2. The number of carbonyl (C=O) groups is 1. The number of aryl methyl sites for hydroxylation is 1. The summed E-state index contributed by atoms with van der Waals surface area (Å²) < 4.78 is 26.4. The van der Waals surface area contributed by atoms with Gasteiger partial charge in [0, 0.05) is 37.2 Å². The standard InChI is InChI=1S/C27H30FN5O4/c1-2-19-20(28)5-4-16-12-18(34)13-22(23(16)19)33-14-21-24(26(33)35)25(32-8-3-10-36-11-9-32)31-27(30-21)37-15-17-6-7-29-17/h4-5,12-13,17,29,34H,2-3,6-11,14-15H2,1H3. The van der Waals surface area contributed by atoms with Crippen LogP contribution in [0.4, 0.5) is 15.9 Å². The van der Waals surface area contributed by atoms with E-state index in [1.54, 1.807) is 17.0 Å². The highest BCUT2D eigenvalue weighted by molar-refractivity contribution is 6.16. The molecule has 194 valence electrons. The van der Waals surface area contributed by atoms with Gasteiger partial charge in [-0.1, -0.05) is 13.0 Å². The Hall–Kier alpha value is -3.50. The molecule has 6 rings (SSSR count). The largest absolute Gasteiger partial charge is 0.508 e. The summed E-state index contributed by atoms with van der Waals surface area (Å²) in [5, 5.41) is 15.1. The highest BCUT2D eigenvalue weighted by atomic mass is 19.1. The highest BCUT2D eigenvalue weighted by Crippen LogP contribution is 2.41. The fourth-order valence-corrected chi connectivity index (χ4v) is 5.31. The summed E-state index contributed by atoms with van der Waals surface area (Å²) in [4.78, 5) is 26.9. The lowest BCUT2D eigenvalue weighted by Crippen LogP contribution is -2.46. The second kappa shape index (κ2) is 9.75. The number of ether oxygens (including phenoxy) is 2. The fourth-order valence-electron chi connectivity index (χ4n) is 5.31. The molecule has 0 bridgehead atoms. The number of hydrogen-bond donors (Lipinski definition) is 2. The molecule has 1 amide bonds. The maximum absolute atomic E-state index is 14.8. The van der Waals surface area contributed by atoms with Gasteiger partial charge in [-0.3, -0.25) is 4.79 Å². The maximum atomic E-state index is 14.8. The number of amides is 1. The number of benzene rings is 2. The van der Waals surface area contributed by atoms with Gasteiger partial charge in [-0.25, -0.2) is 4.39 Å². The molecule has 0 spiro atoms. The molecule has 1 atom stereocenters. The van der Waals surface area contributed by atoms with E-state index in [4.69, 9.17) is 14.5 Å². The van der Waals surface area contributed by atoms with Crippen molar-refractivity contribution in [2.75, 3.05) is 49.3 Å². The minimum Gasteiger partial charge on any atom is -0.508 e. The van der Waals surface area contributed by atoms with Gasteiger partial charge in [0.15, 0.2) is 0 Å². The van der Waals surface area contributed by atoms with E-state index in [1.165, 1.54) is 12.1 Å². The molecule has 1 unspecified atom stereocenters. The molecule has 2 fully saturated rings. The SMILES string of the molecule is CCc1c(F)ccc2cc(O)cc(N3Cc4nc(OCC5CCN5)nc(N5CCCOCC5)c4C3=O)c12. The molecule has 2 aromatic carbocycles. The number of aromatic hydroxyl groups is 1. The van der Waals surface area contributed by atoms with Crippen molar-refractivity contribution in [1.29, 1.82) is 0 Å². The molecule has 2 N–H and O–H groups in total. The van der Waals surface area contributed by atoms with Gasteiger partial charge in [-0.15, -0.1) is 0 Å². The number of fused-ring (bicyclic) bond motifs is 2. The van der Waals surface area contributed by atoms with E-state index in [1.807, 2.05) is 6.92 Å². The summed E-state index contributed by atoms with van der Waals surface area (Å²) in [5.74, 6) is -0.0733. The molecular formula is C27H30FN5O4. The number of nitrogens with one attached hydrogen (secondary N) is 1. The van der Waals surface area contributed by atoms with Crippen LogP contribution in [0.2, 0.25) is 0 Å². The number of rotatable bonds is 6. The topological polar surface area (TPSA) is 100 Å². The number of carbonyl (C=O) groups excluding carboxylic acids is 1. The van der Waals surface area contributed by atoms with Crippen LogP contribution in [-0.2, 0) is 17.7 Å². The predicted octanol–water partition coefficient (Wildman–Crippen LogP) is 3.16. The molecule has 0 radical (unpaired) electrons. The molecule has 9 nitrogen and oxygen atoms in total. The summed E-state index contributed by atoms with van der Waals surface area (Å²) in [6.07, 6.45) is 2.30. The van der Waals surface area contributed by atoms with Gasteiger partial charge >= 0.3 is 6.01 Å². The van der Waals surface area contributed by atoms with Crippen molar-refractivity contribution in [2.24, 2.45) is 0 Å². The second-order valence-corrected chi connectivity index (χ2v) is 9.69. The van der Waals surface area contributed by atoms with Crippen LogP contribution in [-0.4, -0.2) is 66.5 Å². The Morgan fingerprint density at radius 2 is 2.11 bits per heavy atom. The summed E-state index contributed by atoms with van der Waals surface area (Å²) in [6, 6.07) is 6.65. The highest BCUT2D eigenvalue weighted by Gasteiger charge is 2.37. The Morgan fingerprint density at radius 1 is 1.24 bits per heavy atom. The van der Waals surface area contributed by atoms with Crippen molar-refractivity contribution in [1.82, 2.24) is 15.3 Å². The number of phenols is 1. The van der Waals surface area contributed by atoms with Crippen molar-refractivity contribution in [3.05, 3.63) is 46.9 Å². The number of hydrogen-bond acceptors (Lipinski definition) is 8. The van der Waals surface area contributed by atoms with Crippen molar-refractivity contribution in [3.63, 3.8) is 0 Å². The van der Waals surface area contributed by atoms with E-state index in [9.17, 15) is 14.3 Å². The van der Waals surface area contributed by atoms with Crippen molar-refractivity contribution < 1.29 is 23.8 Å². The van der Waals surface area contributed by atoms with Gasteiger partial charge in [-0.2, -0.15) is 9.97 Å². The van der Waals surface area contributed by atoms with Crippen LogP contribution < -0.4 is 19.9 Å². The van der Waals surface area contributed by atoms with Crippen LogP contribution in [0.15, 0.2) is 24.3 Å².